The average molecular weight is 360 g/mol. The van der Waals surface area contributed by atoms with Gasteiger partial charge in [-0.05, 0) is 29.8 Å². The molecule has 22 heavy (non-hydrogen) atoms. The minimum atomic E-state index is -0.0999. The maximum absolute atomic E-state index is 9.66. The Morgan fingerprint density at radius 3 is 2.50 bits per heavy atom. The van der Waals surface area contributed by atoms with Gasteiger partial charge in [-0.15, -0.1) is 0 Å². The van der Waals surface area contributed by atoms with Crippen LogP contribution in [-0.4, -0.2) is 18.4 Å². The molecule has 116 valence electrons. The second kappa shape index (κ2) is 7.58. The van der Waals surface area contributed by atoms with Crippen molar-refractivity contribution < 1.29 is 9.84 Å². The van der Waals surface area contributed by atoms with Crippen LogP contribution in [0.5, 0.6) is 11.5 Å². The van der Waals surface area contributed by atoms with Gasteiger partial charge >= 0.3 is 0 Å². The Morgan fingerprint density at radius 2 is 1.86 bits per heavy atom. The van der Waals surface area contributed by atoms with E-state index in [1.807, 2.05) is 0 Å². The first-order chi connectivity index (χ1) is 10.5. The summed E-state index contributed by atoms with van der Waals surface area (Å²) in [5.41, 5.74) is 4.30. The number of hydrogen-bond acceptors (Lipinski definition) is 4. The van der Waals surface area contributed by atoms with Gasteiger partial charge in [-0.3, -0.25) is 0 Å². The zero-order valence-electron chi connectivity index (χ0n) is 11.6. The van der Waals surface area contributed by atoms with E-state index in [0.29, 0.717) is 22.2 Å². The van der Waals surface area contributed by atoms with Crippen LogP contribution < -0.4 is 10.2 Å². The maximum Gasteiger partial charge on any atom is 0.176 e. The number of hydrogen-bond donors (Lipinski definition) is 2. The number of aromatic hydroxyl groups is 1. The van der Waals surface area contributed by atoms with E-state index in [1.54, 1.807) is 36.5 Å². The Bertz CT molecular complexity index is 685. The van der Waals surface area contributed by atoms with Crippen LogP contribution in [0.15, 0.2) is 35.4 Å². The maximum atomic E-state index is 9.66. The number of rotatable bonds is 5. The van der Waals surface area contributed by atoms with E-state index in [4.69, 9.17) is 39.5 Å². The number of phenolic OH excluding ortho intramolecular Hbond substituents is 1. The van der Waals surface area contributed by atoms with E-state index in [2.05, 4.69) is 10.5 Å². The number of nitrogens with zero attached hydrogens (tertiary/aromatic N) is 1. The van der Waals surface area contributed by atoms with Crippen molar-refractivity contribution in [2.75, 3.05) is 7.11 Å². The fraction of sp³-hybridized carbons (Fsp3) is 0.133. The Labute approximate surface area is 143 Å². The number of nitrogens with one attached hydrogen (secondary N) is 1. The lowest BCUT2D eigenvalue weighted by Crippen LogP contribution is -2.06. The molecule has 0 unspecified atom stereocenters. The summed E-state index contributed by atoms with van der Waals surface area (Å²) in [6, 6.07) is 8.50. The van der Waals surface area contributed by atoms with Crippen LogP contribution in [0.2, 0.25) is 15.1 Å². The lowest BCUT2D eigenvalue weighted by molar-refractivity contribution is 0.373. The average Bonchev–Trinajstić information content (AvgIpc) is 2.49. The molecule has 0 aliphatic carbocycles. The molecule has 0 radical (unpaired) electrons. The fourth-order valence-corrected chi connectivity index (χ4v) is 2.52. The molecule has 0 aliphatic rings. The predicted octanol–water partition coefficient (Wildman–Crippen LogP) is 4.48. The summed E-state index contributed by atoms with van der Waals surface area (Å²) < 4.78 is 5.02. The molecule has 0 aliphatic heterocycles. The number of hydrazone groups is 1. The van der Waals surface area contributed by atoms with Crippen LogP contribution in [0.4, 0.5) is 0 Å². The highest BCUT2D eigenvalue weighted by Crippen LogP contribution is 2.34. The number of phenols is 1. The first-order valence-electron chi connectivity index (χ1n) is 6.28. The van der Waals surface area contributed by atoms with Crippen LogP contribution in [0.3, 0.4) is 0 Å². The zero-order valence-corrected chi connectivity index (χ0v) is 13.9. The van der Waals surface area contributed by atoms with Gasteiger partial charge in [-0.2, -0.15) is 5.10 Å². The zero-order chi connectivity index (χ0) is 16.1. The Hall–Kier alpha value is -1.62. The molecule has 0 aromatic heterocycles. The molecule has 0 amide bonds. The third-order valence-electron chi connectivity index (χ3n) is 2.89. The first-order valence-corrected chi connectivity index (χ1v) is 7.41. The molecule has 0 atom stereocenters. The SMILES string of the molecule is COc1cc(/C=N/NCc2c(Cl)cccc2Cl)cc(Cl)c1O. The Morgan fingerprint density at radius 1 is 1.18 bits per heavy atom. The quantitative estimate of drug-likeness (QED) is 0.611. The van der Waals surface area contributed by atoms with E-state index < -0.39 is 0 Å². The number of ether oxygens (including phenoxy) is 1. The van der Waals surface area contributed by atoms with Crippen LogP contribution in [0.25, 0.3) is 0 Å². The van der Waals surface area contributed by atoms with Gasteiger partial charge in [-0.25, -0.2) is 0 Å². The third-order valence-corrected chi connectivity index (χ3v) is 3.89. The smallest absolute Gasteiger partial charge is 0.176 e. The van der Waals surface area contributed by atoms with Crippen molar-refractivity contribution in [3.8, 4) is 11.5 Å². The molecule has 7 heteroatoms. The minimum absolute atomic E-state index is 0.0999. The van der Waals surface area contributed by atoms with Gasteiger partial charge in [0.1, 0.15) is 0 Å². The van der Waals surface area contributed by atoms with Crippen molar-refractivity contribution in [3.63, 3.8) is 0 Å². The van der Waals surface area contributed by atoms with Crippen LogP contribution in [0, 0.1) is 0 Å². The third kappa shape index (κ3) is 3.97. The van der Waals surface area contributed by atoms with Crippen molar-refractivity contribution >= 4 is 41.0 Å². The normalized spacial score (nSPS) is 10.9. The van der Waals surface area contributed by atoms with Crippen molar-refractivity contribution in [2.24, 2.45) is 5.10 Å². The molecule has 0 bridgehead atoms. The van der Waals surface area contributed by atoms with Crippen molar-refractivity contribution in [1.82, 2.24) is 5.43 Å². The van der Waals surface area contributed by atoms with E-state index in [1.165, 1.54) is 7.11 Å². The highest BCUT2D eigenvalue weighted by Gasteiger charge is 2.08. The molecule has 4 nitrogen and oxygen atoms in total. The van der Waals surface area contributed by atoms with Gasteiger partial charge in [0.15, 0.2) is 11.5 Å². The van der Waals surface area contributed by atoms with Gasteiger partial charge < -0.3 is 15.3 Å². The topological polar surface area (TPSA) is 53.8 Å². The van der Waals surface area contributed by atoms with E-state index in [-0.39, 0.29) is 16.5 Å². The lowest BCUT2D eigenvalue weighted by Gasteiger charge is -2.07. The van der Waals surface area contributed by atoms with E-state index >= 15 is 0 Å². The molecular formula is C15H13Cl3N2O2. The summed E-state index contributed by atoms with van der Waals surface area (Å²) in [4.78, 5) is 0. The summed E-state index contributed by atoms with van der Waals surface area (Å²) in [5.74, 6) is 0.181. The minimum Gasteiger partial charge on any atom is -0.503 e. The van der Waals surface area contributed by atoms with Crippen molar-refractivity contribution in [1.29, 1.82) is 0 Å². The van der Waals surface area contributed by atoms with Crippen LogP contribution in [0.1, 0.15) is 11.1 Å². The van der Waals surface area contributed by atoms with Crippen LogP contribution in [-0.2, 0) is 6.54 Å². The molecule has 0 saturated heterocycles. The first kappa shape index (κ1) is 16.7. The molecule has 2 rings (SSSR count). The predicted molar refractivity (Wildman–Crippen MR) is 90.6 cm³/mol. The molecule has 0 saturated carbocycles. The summed E-state index contributed by atoms with van der Waals surface area (Å²) >= 11 is 18.0. The fourth-order valence-electron chi connectivity index (χ4n) is 1.77. The molecule has 2 aromatic carbocycles. The second-order valence-electron chi connectivity index (χ2n) is 4.35. The van der Waals surface area contributed by atoms with Gasteiger partial charge in [0.25, 0.3) is 0 Å². The van der Waals surface area contributed by atoms with Gasteiger partial charge in [0.05, 0.1) is 24.9 Å². The number of benzene rings is 2. The van der Waals surface area contributed by atoms with Gasteiger partial charge in [0, 0.05) is 15.6 Å². The molecule has 0 spiro atoms. The second-order valence-corrected chi connectivity index (χ2v) is 5.57. The van der Waals surface area contributed by atoms with Crippen LogP contribution >= 0.6 is 34.8 Å². The molecule has 0 fully saturated rings. The summed E-state index contributed by atoms with van der Waals surface area (Å²) in [5, 5.41) is 15.1. The largest absolute Gasteiger partial charge is 0.503 e. The van der Waals surface area contributed by atoms with Gasteiger partial charge in [-0.1, -0.05) is 40.9 Å². The molecule has 0 heterocycles. The summed E-state index contributed by atoms with van der Waals surface area (Å²) in [7, 11) is 1.45. The molecule has 2 N–H and O–H groups in total. The van der Waals surface area contributed by atoms with E-state index in [0.717, 1.165) is 5.56 Å². The summed E-state index contributed by atoms with van der Waals surface area (Å²) in [6.07, 6.45) is 1.55. The number of halogens is 3. The Kier molecular flexibility index (Phi) is 5.77. The van der Waals surface area contributed by atoms with Gasteiger partial charge in [0.2, 0.25) is 0 Å². The highest BCUT2D eigenvalue weighted by molar-refractivity contribution is 6.36. The Balaban J connectivity index is 2.06. The lowest BCUT2D eigenvalue weighted by atomic mass is 10.2. The molecular weight excluding hydrogens is 347 g/mol. The monoisotopic (exact) mass is 358 g/mol. The van der Waals surface area contributed by atoms with Crippen molar-refractivity contribution in [2.45, 2.75) is 6.54 Å². The highest BCUT2D eigenvalue weighted by atomic mass is 35.5. The van der Waals surface area contributed by atoms with Crippen molar-refractivity contribution in [3.05, 3.63) is 56.5 Å². The number of methoxy groups -OCH3 is 1. The molecule has 2 aromatic rings. The summed E-state index contributed by atoms with van der Waals surface area (Å²) in [6.45, 7) is 0.387. The standard InChI is InChI=1S/C15H13Cl3N2O2/c1-22-14-6-9(5-13(18)15(14)21)7-19-20-8-10-11(16)3-2-4-12(10)17/h2-7,20-21H,8H2,1H3/b19-7+. The van der Waals surface area contributed by atoms with E-state index in [9.17, 15) is 5.11 Å².